The summed E-state index contributed by atoms with van der Waals surface area (Å²) in [7, 11) is 0. The number of rotatable bonds is 5. The molecule has 1 N–H and O–H groups in total. The molecule has 21 heavy (non-hydrogen) atoms. The SMILES string of the molecule is CC(C)C(=O)OC(c1cccc(Cl)c1)C(C)NC(C)(C)C. The Balaban J connectivity index is 3.02. The first-order valence-electron chi connectivity index (χ1n) is 7.34. The van der Waals surface area contributed by atoms with E-state index in [4.69, 9.17) is 16.3 Å². The Morgan fingerprint density at radius 2 is 1.86 bits per heavy atom. The minimum absolute atomic E-state index is 0.0221. The van der Waals surface area contributed by atoms with Crippen LogP contribution in [0, 0.1) is 5.92 Å². The Hall–Kier alpha value is -1.06. The first-order chi connectivity index (χ1) is 9.60. The van der Waals surface area contributed by atoms with Gasteiger partial charge in [0.15, 0.2) is 0 Å². The molecule has 2 atom stereocenters. The van der Waals surface area contributed by atoms with Gasteiger partial charge in [-0.15, -0.1) is 0 Å². The maximum absolute atomic E-state index is 12.0. The molecule has 0 aliphatic rings. The van der Waals surface area contributed by atoms with Crippen LogP contribution in [-0.2, 0) is 9.53 Å². The van der Waals surface area contributed by atoms with Crippen LogP contribution in [0.5, 0.6) is 0 Å². The minimum atomic E-state index is -0.363. The van der Waals surface area contributed by atoms with Crippen molar-refractivity contribution in [2.24, 2.45) is 5.92 Å². The van der Waals surface area contributed by atoms with Crippen molar-refractivity contribution in [3.8, 4) is 0 Å². The van der Waals surface area contributed by atoms with Crippen molar-refractivity contribution >= 4 is 17.6 Å². The zero-order valence-electron chi connectivity index (χ0n) is 13.7. The van der Waals surface area contributed by atoms with Crippen LogP contribution in [0.3, 0.4) is 0 Å². The Bertz CT molecular complexity index is 480. The van der Waals surface area contributed by atoms with Crippen molar-refractivity contribution in [2.45, 2.75) is 59.2 Å². The summed E-state index contributed by atoms with van der Waals surface area (Å²) >= 11 is 6.06. The van der Waals surface area contributed by atoms with Gasteiger partial charge in [-0.3, -0.25) is 4.79 Å². The molecule has 0 radical (unpaired) electrons. The van der Waals surface area contributed by atoms with Crippen LogP contribution in [0.1, 0.15) is 53.2 Å². The normalized spacial score (nSPS) is 14.9. The lowest BCUT2D eigenvalue weighted by molar-refractivity contribution is -0.155. The standard InChI is InChI=1S/C17H26ClNO2/c1-11(2)16(20)21-15(12(3)19-17(4,5)6)13-8-7-9-14(18)10-13/h7-12,15,19H,1-6H3. The van der Waals surface area contributed by atoms with Crippen LogP contribution in [0.25, 0.3) is 0 Å². The van der Waals surface area contributed by atoms with E-state index in [9.17, 15) is 4.79 Å². The van der Waals surface area contributed by atoms with Gasteiger partial charge in [0.05, 0.1) is 5.92 Å². The monoisotopic (exact) mass is 311 g/mol. The van der Waals surface area contributed by atoms with Crippen LogP contribution in [0.15, 0.2) is 24.3 Å². The summed E-state index contributed by atoms with van der Waals surface area (Å²) in [5.74, 6) is -0.365. The summed E-state index contributed by atoms with van der Waals surface area (Å²) in [6, 6.07) is 7.45. The van der Waals surface area contributed by atoms with Gasteiger partial charge < -0.3 is 10.1 Å². The van der Waals surface area contributed by atoms with E-state index >= 15 is 0 Å². The van der Waals surface area contributed by atoms with Crippen LogP contribution in [0.2, 0.25) is 5.02 Å². The third-order valence-electron chi connectivity index (χ3n) is 3.01. The number of nitrogens with one attached hydrogen (secondary N) is 1. The first kappa shape index (κ1) is 18.0. The smallest absolute Gasteiger partial charge is 0.309 e. The zero-order valence-corrected chi connectivity index (χ0v) is 14.5. The van der Waals surface area contributed by atoms with Gasteiger partial charge in [-0.2, -0.15) is 0 Å². The van der Waals surface area contributed by atoms with Crippen LogP contribution in [0.4, 0.5) is 0 Å². The number of halogens is 1. The van der Waals surface area contributed by atoms with Gasteiger partial charge >= 0.3 is 5.97 Å². The van der Waals surface area contributed by atoms with Gasteiger partial charge in [0.1, 0.15) is 6.10 Å². The Morgan fingerprint density at radius 1 is 1.24 bits per heavy atom. The molecular weight excluding hydrogens is 286 g/mol. The topological polar surface area (TPSA) is 38.3 Å². The molecule has 0 aromatic heterocycles. The van der Waals surface area contributed by atoms with Gasteiger partial charge in [-0.25, -0.2) is 0 Å². The van der Waals surface area contributed by atoms with Crippen molar-refractivity contribution in [1.82, 2.24) is 5.32 Å². The molecule has 0 heterocycles. The predicted octanol–water partition coefficient (Wildman–Crippen LogP) is 4.36. The lowest BCUT2D eigenvalue weighted by atomic mass is 9.99. The molecule has 0 bridgehead atoms. The summed E-state index contributed by atoms with van der Waals surface area (Å²) in [5, 5.41) is 4.10. The average Bonchev–Trinajstić information content (AvgIpc) is 2.33. The fourth-order valence-corrected chi connectivity index (χ4v) is 2.36. The molecule has 1 aromatic rings. The van der Waals surface area contributed by atoms with E-state index in [-0.39, 0.29) is 29.6 Å². The highest BCUT2D eigenvalue weighted by atomic mass is 35.5. The van der Waals surface area contributed by atoms with E-state index in [0.717, 1.165) is 5.56 Å². The number of hydrogen-bond acceptors (Lipinski definition) is 3. The maximum atomic E-state index is 12.0. The van der Waals surface area contributed by atoms with Gasteiger partial charge in [-0.1, -0.05) is 37.6 Å². The molecule has 2 unspecified atom stereocenters. The molecule has 4 heteroatoms. The number of carbonyl (C=O) groups is 1. The number of ether oxygens (including phenoxy) is 1. The van der Waals surface area contributed by atoms with Gasteiger partial charge in [0.25, 0.3) is 0 Å². The van der Waals surface area contributed by atoms with Crippen molar-refractivity contribution in [3.63, 3.8) is 0 Å². The highest BCUT2D eigenvalue weighted by Gasteiger charge is 2.27. The van der Waals surface area contributed by atoms with E-state index in [2.05, 4.69) is 26.1 Å². The first-order valence-corrected chi connectivity index (χ1v) is 7.71. The van der Waals surface area contributed by atoms with Crippen LogP contribution < -0.4 is 5.32 Å². The molecule has 0 aliphatic carbocycles. The fourth-order valence-electron chi connectivity index (χ4n) is 2.16. The third kappa shape index (κ3) is 6.06. The van der Waals surface area contributed by atoms with Crippen molar-refractivity contribution in [2.75, 3.05) is 0 Å². The van der Waals surface area contributed by atoms with E-state index in [1.165, 1.54) is 0 Å². The molecule has 0 saturated carbocycles. The summed E-state index contributed by atoms with van der Waals surface area (Å²) < 4.78 is 5.70. The highest BCUT2D eigenvalue weighted by molar-refractivity contribution is 6.30. The molecule has 0 saturated heterocycles. The maximum Gasteiger partial charge on any atom is 0.309 e. The molecule has 0 fully saturated rings. The fraction of sp³-hybridized carbons (Fsp3) is 0.588. The van der Waals surface area contributed by atoms with E-state index < -0.39 is 0 Å². The second-order valence-corrected chi connectivity index (χ2v) is 7.19. The summed E-state index contributed by atoms with van der Waals surface area (Å²) in [5.41, 5.74) is 0.835. The average molecular weight is 312 g/mol. The summed E-state index contributed by atoms with van der Waals surface area (Å²) in [6.45, 7) is 11.9. The van der Waals surface area contributed by atoms with Gasteiger partial charge in [-0.05, 0) is 45.4 Å². The number of carbonyl (C=O) groups excluding carboxylic acids is 1. The lowest BCUT2D eigenvalue weighted by Gasteiger charge is -2.32. The Morgan fingerprint density at radius 3 is 2.33 bits per heavy atom. The lowest BCUT2D eigenvalue weighted by Crippen LogP contribution is -2.46. The quantitative estimate of drug-likeness (QED) is 0.821. The molecular formula is C17H26ClNO2. The van der Waals surface area contributed by atoms with E-state index in [0.29, 0.717) is 5.02 Å². The number of hydrogen-bond donors (Lipinski definition) is 1. The van der Waals surface area contributed by atoms with Crippen LogP contribution >= 0.6 is 11.6 Å². The molecule has 3 nitrogen and oxygen atoms in total. The predicted molar refractivity (Wildman–Crippen MR) is 87.5 cm³/mol. The highest BCUT2D eigenvalue weighted by Crippen LogP contribution is 2.26. The second-order valence-electron chi connectivity index (χ2n) is 6.75. The molecule has 0 spiro atoms. The second kappa shape index (κ2) is 7.28. The third-order valence-corrected chi connectivity index (χ3v) is 3.24. The summed E-state index contributed by atoms with van der Waals surface area (Å²) in [6.07, 6.45) is -0.363. The van der Waals surface area contributed by atoms with Gasteiger partial charge in [0, 0.05) is 16.6 Å². The van der Waals surface area contributed by atoms with Crippen LogP contribution in [-0.4, -0.2) is 17.6 Å². The Labute approximate surface area is 133 Å². The Kier molecular flexibility index (Phi) is 6.24. The number of benzene rings is 1. The zero-order chi connectivity index (χ0) is 16.2. The van der Waals surface area contributed by atoms with Crippen molar-refractivity contribution in [1.29, 1.82) is 0 Å². The van der Waals surface area contributed by atoms with Gasteiger partial charge in [0.2, 0.25) is 0 Å². The molecule has 1 aromatic carbocycles. The molecule has 1 rings (SSSR count). The summed E-state index contributed by atoms with van der Waals surface area (Å²) in [4.78, 5) is 12.0. The van der Waals surface area contributed by atoms with E-state index in [1.54, 1.807) is 0 Å². The number of esters is 1. The van der Waals surface area contributed by atoms with Crippen molar-refractivity contribution < 1.29 is 9.53 Å². The molecule has 118 valence electrons. The van der Waals surface area contributed by atoms with Crippen molar-refractivity contribution in [3.05, 3.63) is 34.9 Å². The largest absolute Gasteiger partial charge is 0.456 e. The molecule has 0 amide bonds. The van der Waals surface area contributed by atoms with E-state index in [1.807, 2.05) is 45.0 Å². The molecule has 0 aliphatic heterocycles. The minimum Gasteiger partial charge on any atom is -0.456 e.